The third-order valence-electron chi connectivity index (χ3n) is 4.76. The van der Waals surface area contributed by atoms with Crippen LogP contribution in [0.5, 0.6) is 5.75 Å². The normalized spacial score (nSPS) is 15.9. The summed E-state index contributed by atoms with van der Waals surface area (Å²) in [7, 11) is 1.58. The Balaban J connectivity index is 1.76. The van der Waals surface area contributed by atoms with Crippen molar-refractivity contribution < 1.29 is 14.3 Å². The average molecular weight is 442 g/mol. The van der Waals surface area contributed by atoms with Crippen LogP contribution in [0.2, 0.25) is 5.02 Å². The number of carbonyl (C=O) groups is 2. The zero-order valence-corrected chi connectivity index (χ0v) is 18.1. The van der Waals surface area contributed by atoms with Gasteiger partial charge in [-0.15, -0.1) is 0 Å². The van der Waals surface area contributed by atoms with E-state index in [1.54, 1.807) is 37.4 Å². The number of halogens is 1. The molecule has 0 aliphatic carbocycles. The van der Waals surface area contributed by atoms with Gasteiger partial charge in [-0.2, -0.15) is 5.26 Å². The van der Waals surface area contributed by atoms with Gasteiger partial charge in [0.15, 0.2) is 0 Å². The molecule has 2 aromatic rings. The van der Waals surface area contributed by atoms with Gasteiger partial charge in [0, 0.05) is 23.0 Å². The number of allylic oxidation sites excluding steroid dienone is 1. The van der Waals surface area contributed by atoms with Crippen LogP contribution in [0.4, 0.5) is 5.69 Å². The molecular formula is C22H20ClN3O3S. The molecule has 0 unspecified atom stereocenters. The fourth-order valence-electron chi connectivity index (χ4n) is 3.12. The molecule has 0 saturated heterocycles. The van der Waals surface area contributed by atoms with Gasteiger partial charge in [-0.3, -0.25) is 9.59 Å². The van der Waals surface area contributed by atoms with Crippen LogP contribution in [0, 0.1) is 18.3 Å². The fraction of sp³-hybridized carbons (Fsp3) is 0.227. The quantitative estimate of drug-likeness (QED) is 0.694. The highest BCUT2D eigenvalue weighted by atomic mass is 35.5. The maximum Gasteiger partial charge on any atom is 0.234 e. The SMILES string of the molecule is COc1ccc([C@@H]2CC(=O)NC(SCC(=O)Nc3cccc(Cl)c3C)=C2C#N)cc1. The molecule has 1 aliphatic rings. The topological polar surface area (TPSA) is 91.2 Å². The van der Waals surface area contributed by atoms with Gasteiger partial charge in [-0.25, -0.2) is 0 Å². The minimum absolute atomic E-state index is 0.0437. The van der Waals surface area contributed by atoms with Gasteiger partial charge in [-0.1, -0.05) is 41.6 Å². The molecule has 6 nitrogen and oxygen atoms in total. The molecule has 3 rings (SSSR count). The lowest BCUT2D eigenvalue weighted by atomic mass is 9.87. The van der Waals surface area contributed by atoms with E-state index in [9.17, 15) is 14.9 Å². The van der Waals surface area contributed by atoms with Gasteiger partial charge < -0.3 is 15.4 Å². The van der Waals surface area contributed by atoms with Gasteiger partial charge >= 0.3 is 0 Å². The zero-order chi connectivity index (χ0) is 21.7. The maximum atomic E-state index is 12.4. The van der Waals surface area contributed by atoms with Crippen molar-refractivity contribution in [2.45, 2.75) is 19.3 Å². The molecule has 8 heteroatoms. The number of hydrogen-bond acceptors (Lipinski definition) is 5. The summed E-state index contributed by atoms with van der Waals surface area (Å²) in [6.45, 7) is 1.82. The summed E-state index contributed by atoms with van der Waals surface area (Å²) < 4.78 is 5.17. The Morgan fingerprint density at radius 1 is 1.33 bits per heavy atom. The van der Waals surface area contributed by atoms with Gasteiger partial charge in [0.05, 0.1) is 29.5 Å². The van der Waals surface area contributed by atoms with Crippen LogP contribution in [0.25, 0.3) is 0 Å². The second-order valence-electron chi connectivity index (χ2n) is 6.68. The van der Waals surface area contributed by atoms with Crippen LogP contribution in [0.3, 0.4) is 0 Å². The number of carbonyl (C=O) groups excluding carboxylic acids is 2. The molecule has 1 aliphatic heterocycles. The van der Waals surface area contributed by atoms with Crippen LogP contribution < -0.4 is 15.4 Å². The number of amides is 2. The van der Waals surface area contributed by atoms with Gasteiger partial charge in [0.25, 0.3) is 0 Å². The first-order valence-corrected chi connectivity index (χ1v) is 10.5. The van der Waals surface area contributed by atoms with Crippen LogP contribution in [-0.4, -0.2) is 24.7 Å². The predicted molar refractivity (Wildman–Crippen MR) is 118 cm³/mol. The first-order valence-electron chi connectivity index (χ1n) is 9.18. The highest BCUT2D eigenvalue weighted by Crippen LogP contribution is 2.36. The molecule has 0 radical (unpaired) electrons. The number of nitrogens with one attached hydrogen (secondary N) is 2. The zero-order valence-electron chi connectivity index (χ0n) is 16.5. The number of anilines is 1. The van der Waals surface area contributed by atoms with Crippen LogP contribution in [0.15, 0.2) is 53.1 Å². The van der Waals surface area contributed by atoms with Crippen LogP contribution in [-0.2, 0) is 9.59 Å². The number of thioether (sulfide) groups is 1. The van der Waals surface area contributed by atoms with E-state index in [1.165, 1.54) is 0 Å². The minimum atomic E-state index is -0.365. The summed E-state index contributed by atoms with van der Waals surface area (Å²) in [6, 6.07) is 14.8. The maximum absolute atomic E-state index is 12.4. The largest absolute Gasteiger partial charge is 0.497 e. The van der Waals surface area contributed by atoms with Crippen LogP contribution in [0.1, 0.15) is 23.5 Å². The van der Waals surface area contributed by atoms with Crippen molar-refractivity contribution in [3.63, 3.8) is 0 Å². The summed E-state index contributed by atoms with van der Waals surface area (Å²) >= 11 is 7.22. The minimum Gasteiger partial charge on any atom is -0.497 e. The van der Waals surface area contributed by atoms with Crippen LogP contribution >= 0.6 is 23.4 Å². The summed E-state index contributed by atoms with van der Waals surface area (Å²) in [5, 5.41) is 16.3. The van der Waals surface area contributed by atoms with E-state index in [1.807, 2.05) is 19.1 Å². The van der Waals surface area contributed by atoms with E-state index in [-0.39, 0.29) is 29.9 Å². The molecule has 0 bridgehead atoms. The standard InChI is InChI=1S/C22H20ClN3O3S/c1-13-18(23)4-3-5-19(13)25-21(28)12-30-22-17(11-24)16(10-20(27)26-22)14-6-8-15(29-2)9-7-14/h3-9,16H,10,12H2,1-2H3,(H,25,28)(H,26,27)/t16-/m0/s1. The molecule has 30 heavy (non-hydrogen) atoms. The van der Waals surface area contributed by atoms with Crippen molar-refractivity contribution in [2.24, 2.45) is 0 Å². The lowest BCUT2D eigenvalue weighted by molar-refractivity contribution is -0.121. The summed E-state index contributed by atoms with van der Waals surface area (Å²) in [5.41, 5.74) is 2.70. The Labute approximate surface area is 184 Å². The van der Waals surface area contributed by atoms with E-state index in [0.717, 1.165) is 22.9 Å². The molecule has 0 aromatic heterocycles. The monoisotopic (exact) mass is 441 g/mol. The summed E-state index contributed by atoms with van der Waals surface area (Å²) in [6.07, 6.45) is 0.174. The molecule has 0 spiro atoms. The highest BCUT2D eigenvalue weighted by molar-refractivity contribution is 8.03. The Morgan fingerprint density at radius 3 is 2.73 bits per heavy atom. The first kappa shape index (κ1) is 21.8. The van der Waals surface area contributed by atoms with Crippen molar-refractivity contribution >= 4 is 40.9 Å². The molecule has 1 heterocycles. The number of rotatable bonds is 6. The highest BCUT2D eigenvalue weighted by Gasteiger charge is 2.30. The first-order chi connectivity index (χ1) is 14.4. The van der Waals surface area contributed by atoms with E-state index in [2.05, 4.69) is 16.7 Å². The molecule has 0 fully saturated rings. The van der Waals surface area contributed by atoms with E-state index in [0.29, 0.717) is 27.1 Å². The number of nitrogens with zero attached hydrogens (tertiary/aromatic N) is 1. The lowest BCUT2D eigenvalue weighted by Crippen LogP contribution is -2.31. The van der Waals surface area contributed by atoms with Crippen molar-refractivity contribution in [1.82, 2.24) is 5.32 Å². The average Bonchev–Trinajstić information content (AvgIpc) is 2.75. The summed E-state index contributed by atoms with van der Waals surface area (Å²) in [4.78, 5) is 24.7. The van der Waals surface area contributed by atoms with Gasteiger partial charge in [0.1, 0.15) is 5.75 Å². The third-order valence-corrected chi connectivity index (χ3v) is 6.19. The van der Waals surface area contributed by atoms with E-state index in [4.69, 9.17) is 16.3 Å². The number of ether oxygens (including phenoxy) is 1. The number of methoxy groups -OCH3 is 1. The molecule has 154 valence electrons. The van der Waals surface area contributed by atoms with Gasteiger partial charge in [-0.05, 0) is 42.3 Å². The molecular weight excluding hydrogens is 422 g/mol. The molecule has 0 saturated carbocycles. The number of nitriles is 1. The molecule has 2 N–H and O–H groups in total. The van der Waals surface area contributed by atoms with E-state index < -0.39 is 0 Å². The second-order valence-corrected chi connectivity index (χ2v) is 8.07. The van der Waals surface area contributed by atoms with Crippen molar-refractivity contribution in [3.05, 3.63) is 69.2 Å². The molecule has 1 atom stereocenters. The Kier molecular flexibility index (Phi) is 7.03. The fourth-order valence-corrected chi connectivity index (χ4v) is 4.17. The molecule has 2 amide bonds. The third kappa shape index (κ3) is 4.96. The van der Waals surface area contributed by atoms with Crippen molar-refractivity contribution in [3.8, 4) is 11.8 Å². The van der Waals surface area contributed by atoms with E-state index >= 15 is 0 Å². The smallest absolute Gasteiger partial charge is 0.234 e. The Bertz CT molecular complexity index is 1040. The molecule has 2 aromatic carbocycles. The number of benzene rings is 2. The predicted octanol–water partition coefficient (Wildman–Crippen LogP) is 4.37. The van der Waals surface area contributed by atoms with Gasteiger partial charge in [0.2, 0.25) is 11.8 Å². The Hall–Kier alpha value is -2.95. The second kappa shape index (κ2) is 9.70. The lowest BCUT2D eigenvalue weighted by Gasteiger charge is -2.25. The van der Waals surface area contributed by atoms with Crippen molar-refractivity contribution in [2.75, 3.05) is 18.2 Å². The Morgan fingerprint density at radius 2 is 2.07 bits per heavy atom. The summed E-state index contributed by atoms with van der Waals surface area (Å²) in [5.74, 6) is -0.0684. The van der Waals surface area contributed by atoms with Crippen molar-refractivity contribution in [1.29, 1.82) is 5.26 Å². The number of hydrogen-bond donors (Lipinski definition) is 2.